The topological polar surface area (TPSA) is 48.4 Å². The molecule has 1 heterocycles. The van der Waals surface area contributed by atoms with Crippen LogP contribution in [0.4, 0.5) is 0 Å². The van der Waals surface area contributed by atoms with Gasteiger partial charge in [-0.25, -0.2) is 0 Å². The molecule has 3 aromatic rings. The van der Waals surface area contributed by atoms with Gasteiger partial charge < -0.3 is 14.9 Å². The number of methoxy groups -OCH3 is 1. The molecule has 108 valence electrons. The number of hydrogen-bond acceptors (Lipinski definition) is 3. The summed E-state index contributed by atoms with van der Waals surface area (Å²) in [5.41, 5.74) is 10.6. The highest BCUT2D eigenvalue weighted by atomic mass is 16.5. The lowest BCUT2D eigenvalue weighted by atomic mass is 9.97. The van der Waals surface area contributed by atoms with Crippen LogP contribution in [-0.4, -0.2) is 7.11 Å². The van der Waals surface area contributed by atoms with Crippen LogP contribution in [0.2, 0.25) is 0 Å². The van der Waals surface area contributed by atoms with Gasteiger partial charge >= 0.3 is 0 Å². The van der Waals surface area contributed by atoms with Gasteiger partial charge in [-0.1, -0.05) is 35.9 Å². The molecule has 0 bridgehead atoms. The Morgan fingerprint density at radius 2 is 2.00 bits per heavy atom. The highest BCUT2D eigenvalue weighted by Crippen LogP contribution is 2.29. The second kappa shape index (κ2) is 5.62. The quantitative estimate of drug-likeness (QED) is 0.786. The molecule has 0 amide bonds. The van der Waals surface area contributed by atoms with Gasteiger partial charge in [-0.3, -0.25) is 0 Å². The van der Waals surface area contributed by atoms with Gasteiger partial charge in [-0.2, -0.15) is 0 Å². The monoisotopic (exact) mass is 281 g/mol. The fourth-order valence-corrected chi connectivity index (χ4v) is 2.70. The van der Waals surface area contributed by atoms with Gasteiger partial charge in [0.05, 0.1) is 13.4 Å². The summed E-state index contributed by atoms with van der Waals surface area (Å²) in [6.07, 6.45) is 2.48. The summed E-state index contributed by atoms with van der Waals surface area (Å²) >= 11 is 0. The normalized spacial score (nSPS) is 12.5. The van der Waals surface area contributed by atoms with Crippen LogP contribution in [-0.2, 0) is 6.42 Å². The second-order valence-corrected chi connectivity index (χ2v) is 5.31. The average Bonchev–Trinajstić information content (AvgIpc) is 2.91. The first-order valence-corrected chi connectivity index (χ1v) is 7.04. The van der Waals surface area contributed by atoms with Crippen LogP contribution >= 0.6 is 0 Å². The van der Waals surface area contributed by atoms with Gasteiger partial charge in [0, 0.05) is 17.0 Å². The summed E-state index contributed by atoms with van der Waals surface area (Å²) < 4.78 is 11.0. The molecule has 3 heteroatoms. The van der Waals surface area contributed by atoms with Gasteiger partial charge in [0.2, 0.25) is 0 Å². The standard InChI is InChI=1S/C18H19NO2/c1-12-7-8-17(20-2)13(9-12)10-16(19)15-11-21-18-6-4-3-5-14(15)18/h3-9,11,16H,10,19H2,1-2H3. The maximum atomic E-state index is 6.40. The van der Waals surface area contributed by atoms with E-state index in [4.69, 9.17) is 14.9 Å². The molecule has 1 atom stereocenters. The SMILES string of the molecule is COc1ccc(C)cc1CC(N)c1coc2ccccc12. The van der Waals surface area contributed by atoms with Crippen LogP contribution in [0, 0.1) is 6.92 Å². The zero-order chi connectivity index (χ0) is 14.8. The van der Waals surface area contributed by atoms with Crippen LogP contribution in [0.25, 0.3) is 11.0 Å². The molecule has 0 fully saturated rings. The minimum absolute atomic E-state index is 0.121. The predicted octanol–water partition coefficient (Wildman–Crippen LogP) is 3.99. The number of furan rings is 1. The summed E-state index contributed by atoms with van der Waals surface area (Å²) in [6, 6.07) is 14.0. The third kappa shape index (κ3) is 2.65. The zero-order valence-corrected chi connectivity index (χ0v) is 12.3. The minimum Gasteiger partial charge on any atom is -0.496 e. The second-order valence-electron chi connectivity index (χ2n) is 5.31. The average molecular weight is 281 g/mol. The molecule has 0 aliphatic rings. The molecule has 3 rings (SSSR count). The summed E-state index contributed by atoms with van der Waals surface area (Å²) in [7, 11) is 1.69. The van der Waals surface area contributed by atoms with Crippen molar-refractivity contribution in [1.29, 1.82) is 0 Å². The molecule has 2 aromatic carbocycles. The molecule has 0 saturated heterocycles. The fourth-order valence-electron chi connectivity index (χ4n) is 2.70. The minimum atomic E-state index is -0.121. The third-order valence-electron chi connectivity index (χ3n) is 3.79. The number of fused-ring (bicyclic) bond motifs is 1. The molecule has 0 aliphatic carbocycles. The van der Waals surface area contributed by atoms with E-state index in [9.17, 15) is 0 Å². The molecule has 2 N–H and O–H groups in total. The van der Waals surface area contributed by atoms with Crippen LogP contribution in [0.3, 0.4) is 0 Å². The molecule has 0 radical (unpaired) electrons. The van der Waals surface area contributed by atoms with Crippen LogP contribution in [0.15, 0.2) is 53.1 Å². The van der Waals surface area contributed by atoms with E-state index in [1.165, 1.54) is 5.56 Å². The van der Waals surface area contributed by atoms with Crippen molar-refractivity contribution in [3.63, 3.8) is 0 Å². The number of benzene rings is 2. The Kier molecular flexibility index (Phi) is 3.67. The Bertz CT molecular complexity index is 761. The molecule has 0 saturated carbocycles. The molecule has 1 aromatic heterocycles. The molecular formula is C18H19NO2. The molecule has 21 heavy (non-hydrogen) atoms. The summed E-state index contributed by atoms with van der Waals surface area (Å²) in [6.45, 7) is 2.07. The maximum Gasteiger partial charge on any atom is 0.134 e. The Hall–Kier alpha value is -2.26. The van der Waals surface area contributed by atoms with E-state index in [-0.39, 0.29) is 6.04 Å². The Balaban J connectivity index is 1.93. The van der Waals surface area contributed by atoms with E-state index in [2.05, 4.69) is 13.0 Å². The van der Waals surface area contributed by atoms with Crippen LogP contribution < -0.4 is 10.5 Å². The number of para-hydroxylation sites is 1. The number of hydrogen-bond donors (Lipinski definition) is 1. The summed E-state index contributed by atoms with van der Waals surface area (Å²) in [5.74, 6) is 0.879. The first-order valence-electron chi connectivity index (χ1n) is 7.04. The van der Waals surface area contributed by atoms with Crippen molar-refractivity contribution in [3.05, 3.63) is 65.4 Å². The van der Waals surface area contributed by atoms with Gasteiger partial charge in [-0.05, 0) is 31.0 Å². The highest BCUT2D eigenvalue weighted by molar-refractivity contribution is 5.81. The van der Waals surface area contributed by atoms with Crippen LogP contribution in [0.1, 0.15) is 22.7 Å². The van der Waals surface area contributed by atoms with Crippen molar-refractivity contribution in [2.75, 3.05) is 7.11 Å². The first kappa shape index (κ1) is 13.7. The van der Waals surface area contributed by atoms with Crippen LogP contribution in [0.5, 0.6) is 5.75 Å². The molecule has 1 unspecified atom stereocenters. The van der Waals surface area contributed by atoms with Crippen molar-refractivity contribution < 1.29 is 9.15 Å². The maximum absolute atomic E-state index is 6.40. The smallest absolute Gasteiger partial charge is 0.134 e. The Morgan fingerprint density at radius 3 is 2.81 bits per heavy atom. The van der Waals surface area contributed by atoms with E-state index in [1.54, 1.807) is 13.4 Å². The summed E-state index contributed by atoms with van der Waals surface area (Å²) in [4.78, 5) is 0. The van der Waals surface area contributed by atoms with Gasteiger partial charge in [0.1, 0.15) is 11.3 Å². The van der Waals surface area contributed by atoms with Crippen molar-refractivity contribution >= 4 is 11.0 Å². The Labute approximate surface area is 124 Å². The van der Waals surface area contributed by atoms with Gasteiger partial charge in [0.15, 0.2) is 0 Å². The van der Waals surface area contributed by atoms with Crippen molar-refractivity contribution in [2.24, 2.45) is 5.73 Å². The number of ether oxygens (including phenoxy) is 1. The molecular weight excluding hydrogens is 262 g/mol. The summed E-state index contributed by atoms with van der Waals surface area (Å²) in [5, 5.41) is 1.08. The number of aryl methyl sites for hydroxylation is 1. The van der Waals surface area contributed by atoms with E-state index in [0.717, 1.165) is 27.8 Å². The van der Waals surface area contributed by atoms with Gasteiger partial charge in [-0.15, -0.1) is 0 Å². The lowest BCUT2D eigenvalue weighted by Gasteiger charge is -2.14. The first-order chi connectivity index (χ1) is 10.2. The van der Waals surface area contributed by atoms with E-state index in [1.807, 2.05) is 36.4 Å². The van der Waals surface area contributed by atoms with E-state index < -0.39 is 0 Å². The zero-order valence-electron chi connectivity index (χ0n) is 12.3. The largest absolute Gasteiger partial charge is 0.496 e. The van der Waals surface area contributed by atoms with Crippen molar-refractivity contribution in [3.8, 4) is 5.75 Å². The van der Waals surface area contributed by atoms with E-state index >= 15 is 0 Å². The van der Waals surface area contributed by atoms with Crippen molar-refractivity contribution in [1.82, 2.24) is 0 Å². The fraction of sp³-hybridized carbons (Fsp3) is 0.222. The predicted molar refractivity (Wildman–Crippen MR) is 84.6 cm³/mol. The molecule has 0 aliphatic heterocycles. The molecule has 3 nitrogen and oxygen atoms in total. The molecule has 0 spiro atoms. The Morgan fingerprint density at radius 1 is 1.19 bits per heavy atom. The third-order valence-corrected chi connectivity index (χ3v) is 3.79. The van der Waals surface area contributed by atoms with E-state index in [0.29, 0.717) is 6.42 Å². The number of nitrogens with two attached hydrogens (primary N) is 1. The lowest BCUT2D eigenvalue weighted by Crippen LogP contribution is -2.13. The van der Waals surface area contributed by atoms with Gasteiger partial charge in [0.25, 0.3) is 0 Å². The highest BCUT2D eigenvalue weighted by Gasteiger charge is 2.15. The number of rotatable bonds is 4. The lowest BCUT2D eigenvalue weighted by molar-refractivity contribution is 0.408. The van der Waals surface area contributed by atoms with Crippen molar-refractivity contribution in [2.45, 2.75) is 19.4 Å².